The number of benzene rings is 1. The number of hydrogen-bond donors (Lipinski definition) is 2. The van der Waals surface area contributed by atoms with Gasteiger partial charge in [-0.15, -0.1) is 0 Å². The summed E-state index contributed by atoms with van der Waals surface area (Å²) in [6, 6.07) is 10.2. The number of aliphatic hydroxyl groups is 2. The number of aryl methyl sites for hydroxylation is 1. The predicted octanol–water partition coefficient (Wildman–Crippen LogP) is 3.66. The maximum atomic E-state index is 10.8. The predicted molar refractivity (Wildman–Crippen MR) is 114 cm³/mol. The second kappa shape index (κ2) is 8.33. The molecule has 2 aliphatic rings. The molecule has 5 nitrogen and oxygen atoms in total. The fraction of sp³-hybridized carbons (Fsp3) is 0.542. The summed E-state index contributed by atoms with van der Waals surface area (Å²) in [5.41, 5.74) is 3.25. The minimum atomic E-state index is -0.451. The number of anilines is 1. The van der Waals surface area contributed by atoms with Crippen molar-refractivity contribution >= 4 is 5.82 Å². The van der Waals surface area contributed by atoms with Gasteiger partial charge < -0.3 is 19.8 Å². The van der Waals surface area contributed by atoms with Crippen LogP contribution in [0.3, 0.4) is 0 Å². The molecular formula is C24H32N2O3. The standard InChI is InChI=1S/C24H32N2O3/c1-15(2)20-5-4-16(3)8-22(20)29-23-11-19-13-26(12-18(19)10-21(23)28)24-9-17(14-27)6-7-25-24/h4-9,15,18-19,21,23,27-28H,10-14H2,1-3H3/t18-,19+,21+,23+/m0/s1. The molecule has 4 rings (SSSR count). The summed E-state index contributed by atoms with van der Waals surface area (Å²) >= 11 is 0. The van der Waals surface area contributed by atoms with Crippen molar-refractivity contribution in [2.24, 2.45) is 11.8 Å². The van der Waals surface area contributed by atoms with E-state index >= 15 is 0 Å². The number of rotatable bonds is 5. The van der Waals surface area contributed by atoms with Gasteiger partial charge in [0.1, 0.15) is 17.7 Å². The van der Waals surface area contributed by atoms with Crippen molar-refractivity contribution in [2.75, 3.05) is 18.0 Å². The fourth-order valence-corrected chi connectivity index (χ4v) is 4.82. The topological polar surface area (TPSA) is 65.8 Å². The molecule has 1 aromatic heterocycles. The molecular weight excluding hydrogens is 364 g/mol. The van der Waals surface area contributed by atoms with Crippen LogP contribution in [0.5, 0.6) is 5.75 Å². The Morgan fingerprint density at radius 2 is 1.90 bits per heavy atom. The van der Waals surface area contributed by atoms with E-state index in [9.17, 15) is 10.2 Å². The maximum absolute atomic E-state index is 10.8. The van der Waals surface area contributed by atoms with E-state index in [0.29, 0.717) is 17.8 Å². The third-order valence-electron chi connectivity index (χ3n) is 6.47. The van der Waals surface area contributed by atoms with Gasteiger partial charge in [0.05, 0.1) is 12.7 Å². The van der Waals surface area contributed by atoms with Gasteiger partial charge >= 0.3 is 0 Å². The first-order valence-electron chi connectivity index (χ1n) is 10.7. The largest absolute Gasteiger partial charge is 0.487 e. The smallest absolute Gasteiger partial charge is 0.128 e. The van der Waals surface area contributed by atoms with Crippen molar-refractivity contribution in [3.8, 4) is 5.75 Å². The van der Waals surface area contributed by atoms with Crippen LogP contribution >= 0.6 is 0 Å². The average Bonchev–Trinajstić information content (AvgIpc) is 3.11. The molecule has 2 N–H and O–H groups in total. The molecule has 0 spiro atoms. The Morgan fingerprint density at radius 3 is 2.62 bits per heavy atom. The molecule has 2 fully saturated rings. The van der Waals surface area contributed by atoms with Crippen LogP contribution in [0.25, 0.3) is 0 Å². The number of fused-ring (bicyclic) bond motifs is 1. The lowest BCUT2D eigenvalue weighted by molar-refractivity contribution is -0.0236. The molecule has 0 radical (unpaired) electrons. The first-order valence-corrected chi connectivity index (χ1v) is 10.7. The van der Waals surface area contributed by atoms with Gasteiger partial charge in [-0.25, -0.2) is 4.98 Å². The summed E-state index contributed by atoms with van der Waals surface area (Å²) in [4.78, 5) is 6.78. The van der Waals surface area contributed by atoms with Gasteiger partial charge in [-0.3, -0.25) is 0 Å². The highest BCUT2D eigenvalue weighted by Crippen LogP contribution is 2.40. The molecule has 2 heterocycles. The third-order valence-corrected chi connectivity index (χ3v) is 6.47. The molecule has 29 heavy (non-hydrogen) atoms. The van der Waals surface area contributed by atoms with Crippen LogP contribution in [0, 0.1) is 18.8 Å². The van der Waals surface area contributed by atoms with E-state index in [0.717, 1.165) is 43.1 Å². The first-order chi connectivity index (χ1) is 13.9. The van der Waals surface area contributed by atoms with Crippen molar-refractivity contribution in [1.82, 2.24) is 4.98 Å². The molecule has 0 unspecified atom stereocenters. The number of pyridine rings is 1. The van der Waals surface area contributed by atoms with Crippen LogP contribution < -0.4 is 9.64 Å². The van der Waals surface area contributed by atoms with E-state index in [1.165, 1.54) is 11.1 Å². The monoisotopic (exact) mass is 396 g/mol. The van der Waals surface area contributed by atoms with Crippen LogP contribution in [0.15, 0.2) is 36.5 Å². The Kier molecular flexibility index (Phi) is 5.79. The zero-order valence-corrected chi connectivity index (χ0v) is 17.6. The zero-order chi connectivity index (χ0) is 20.5. The lowest BCUT2D eigenvalue weighted by Gasteiger charge is -2.35. The van der Waals surface area contributed by atoms with Crippen molar-refractivity contribution < 1.29 is 14.9 Å². The quantitative estimate of drug-likeness (QED) is 0.807. The van der Waals surface area contributed by atoms with Gasteiger partial charge in [0, 0.05) is 19.3 Å². The fourth-order valence-electron chi connectivity index (χ4n) is 4.82. The van der Waals surface area contributed by atoms with Crippen molar-refractivity contribution in [3.05, 3.63) is 53.2 Å². The van der Waals surface area contributed by atoms with Gasteiger partial charge in [-0.1, -0.05) is 26.0 Å². The van der Waals surface area contributed by atoms with Gasteiger partial charge in [0.15, 0.2) is 0 Å². The number of ether oxygens (including phenoxy) is 1. The van der Waals surface area contributed by atoms with Gasteiger partial charge in [0.25, 0.3) is 0 Å². The van der Waals surface area contributed by atoms with Gasteiger partial charge in [0.2, 0.25) is 0 Å². The summed E-state index contributed by atoms with van der Waals surface area (Å²) in [5.74, 6) is 3.14. The summed E-state index contributed by atoms with van der Waals surface area (Å²) in [5, 5.41) is 20.2. The molecule has 1 aliphatic heterocycles. The van der Waals surface area contributed by atoms with Gasteiger partial charge in [-0.2, -0.15) is 0 Å². The van der Waals surface area contributed by atoms with E-state index in [4.69, 9.17) is 4.74 Å². The summed E-state index contributed by atoms with van der Waals surface area (Å²) in [6.07, 6.45) is 2.75. The normalized spacial score (nSPS) is 26.6. The highest BCUT2D eigenvalue weighted by atomic mass is 16.5. The number of aromatic nitrogens is 1. The van der Waals surface area contributed by atoms with E-state index < -0.39 is 6.10 Å². The van der Waals surface area contributed by atoms with Crippen molar-refractivity contribution in [1.29, 1.82) is 0 Å². The second-order valence-electron chi connectivity index (χ2n) is 9.00. The minimum absolute atomic E-state index is 0.0273. The molecule has 4 atom stereocenters. The number of nitrogens with zero attached hydrogens (tertiary/aromatic N) is 2. The van der Waals surface area contributed by atoms with Crippen molar-refractivity contribution in [3.63, 3.8) is 0 Å². The molecule has 1 saturated heterocycles. The maximum Gasteiger partial charge on any atom is 0.128 e. The Hall–Kier alpha value is -2.11. The Bertz CT molecular complexity index is 854. The lowest BCUT2D eigenvalue weighted by atomic mass is 9.78. The summed E-state index contributed by atoms with van der Waals surface area (Å²) in [7, 11) is 0. The Morgan fingerprint density at radius 1 is 1.14 bits per heavy atom. The highest BCUT2D eigenvalue weighted by Gasteiger charge is 2.43. The minimum Gasteiger partial charge on any atom is -0.487 e. The van der Waals surface area contributed by atoms with E-state index in [1.54, 1.807) is 6.20 Å². The van der Waals surface area contributed by atoms with E-state index in [1.807, 2.05) is 12.1 Å². The van der Waals surface area contributed by atoms with Crippen molar-refractivity contribution in [2.45, 2.75) is 58.3 Å². The zero-order valence-electron chi connectivity index (χ0n) is 17.6. The Balaban J connectivity index is 1.48. The molecule has 156 valence electrons. The number of hydrogen-bond acceptors (Lipinski definition) is 5. The highest BCUT2D eigenvalue weighted by molar-refractivity contribution is 5.43. The van der Waals surface area contributed by atoms with E-state index in [-0.39, 0.29) is 12.7 Å². The number of aliphatic hydroxyl groups excluding tert-OH is 2. The SMILES string of the molecule is Cc1ccc(C(C)C)c(O[C@@H]2C[C@@H]3CN(c4cc(CO)ccn4)C[C@@H]3C[C@H]2O)c1. The lowest BCUT2D eigenvalue weighted by Crippen LogP contribution is -2.42. The molecule has 1 aliphatic carbocycles. The molecule has 2 aromatic rings. The first kappa shape index (κ1) is 20.2. The summed E-state index contributed by atoms with van der Waals surface area (Å²) in [6.45, 7) is 8.27. The molecule has 1 aromatic carbocycles. The molecule has 1 saturated carbocycles. The van der Waals surface area contributed by atoms with Crippen LogP contribution in [0.1, 0.15) is 49.3 Å². The van der Waals surface area contributed by atoms with Crippen LogP contribution in [-0.4, -0.2) is 40.5 Å². The van der Waals surface area contributed by atoms with Crippen LogP contribution in [0.4, 0.5) is 5.82 Å². The Labute approximate surface area is 173 Å². The second-order valence-corrected chi connectivity index (χ2v) is 9.00. The van der Waals surface area contributed by atoms with E-state index in [2.05, 4.69) is 48.9 Å². The summed E-state index contributed by atoms with van der Waals surface area (Å²) < 4.78 is 6.41. The average molecular weight is 397 g/mol. The molecule has 0 bridgehead atoms. The third kappa shape index (κ3) is 4.26. The molecule has 0 amide bonds. The molecule has 5 heteroatoms. The van der Waals surface area contributed by atoms with Crippen LogP contribution in [-0.2, 0) is 6.61 Å². The van der Waals surface area contributed by atoms with Gasteiger partial charge in [-0.05, 0) is 72.4 Å². The van der Waals surface area contributed by atoms with Crippen LogP contribution in [0.2, 0.25) is 0 Å².